The Morgan fingerprint density at radius 3 is 2.41 bits per heavy atom. The van der Waals surface area contributed by atoms with Gasteiger partial charge in [-0.1, -0.05) is 36.4 Å². The van der Waals surface area contributed by atoms with Gasteiger partial charge in [0.1, 0.15) is 11.6 Å². The van der Waals surface area contributed by atoms with Crippen molar-refractivity contribution in [3.05, 3.63) is 90.1 Å². The van der Waals surface area contributed by atoms with E-state index < -0.39 is 11.6 Å². The SMILES string of the molecule is Fc1ccc(-c2ccc3nc(-c4ccccc4)nc(-c4cncs4)c3c2)c(F)c1. The first-order chi connectivity index (χ1) is 14.2. The van der Waals surface area contributed by atoms with E-state index in [-0.39, 0.29) is 0 Å². The Morgan fingerprint density at radius 1 is 0.793 bits per heavy atom. The number of benzene rings is 3. The molecular formula is C23H13F2N3S. The van der Waals surface area contributed by atoms with Crippen molar-refractivity contribution in [2.75, 3.05) is 0 Å². The zero-order chi connectivity index (χ0) is 19.8. The fourth-order valence-corrected chi connectivity index (χ4v) is 3.88. The standard InChI is InChI=1S/C23H13F2N3S/c24-16-7-8-17(19(25)11-16)15-6-9-20-18(10-15)22(21-12-26-13-29-21)28-23(27-20)14-4-2-1-3-5-14/h1-13H. The highest BCUT2D eigenvalue weighted by Crippen LogP contribution is 2.34. The highest BCUT2D eigenvalue weighted by atomic mass is 32.1. The molecule has 0 radical (unpaired) electrons. The van der Waals surface area contributed by atoms with Crippen molar-refractivity contribution >= 4 is 22.2 Å². The van der Waals surface area contributed by atoms with Crippen molar-refractivity contribution in [1.29, 1.82) is 0 Å². The molecule has 0 atom stereocenters. The smallest absolute Gasteiger partial charge is 0.160 e. The molecular weight excluding hydrogens is 388 g/mol. The van der Waals surface area contributed by atoms with Gasteiger partial charge in [-0.15, -0.1) is 11.3 Å². The number of hydrogen-bond donors (Lipinski definition) is 0. The van der Waals surface area contributed by atoms with Crippen LogP contribution in [0.1, 0.15) is 0 Å². The van der Waals surface area contributed by atoms with Crippen LogP contribution in [0.5, 0.6) is 0 Å². The molecule has 0 aliphatic rings. The van der Waals surface area contributed by atoms with Gasteiger partial charge in [0.05, 0.1) is 21.6 Å². The predicted octanol–water partition coefficient (Wildman–Crippen LogP) is 6.37. The fourth-order valence-electron chi connectivity index (χ4n) is 3.26. The van der Waals surface area contributed by atoms with E-state index in [1.165, 1.54) is 23.5 Å². The Balaban J connectivity index is 1.76. The summed E-state index contributed by atoms with van der Waals surface area (Å²) in [5.74, 6) is -0.596. The molecule has 0 unspecified atom stereocenters. The van der Waals surface area contributed by atoms with Crippen LogP contribution in [0, 0.1) is 11.6 Å². The molecule has 0 spiro atoms. The van der Waals surface area contributed by atoms with E-state index in [0.717, 1.165) is 33.1 Å². The minimum Gasteiger partial charge on any atom is -0.252 e. The Morgan fingerprint density at radius 2 is 1.66 bits per heavy atom. The van der Waals surface area contributed by atoms with Crippen molar-refractivity contribution < 1.29 is 8.78 Å². The average Bonchev–Trinajstić information content (AvgIpc) is 3.28. The average molecular weight is 401 g/mol. The van der Waals surface area contributed by atoms with Gasteiger partial charge in [-0.2, -0.15) is 0 Å². The topological polar surface area (TPSA) is 38.7 Å². The van der Waals surface area contributed by atoms with E-state index >= 15 is 0 Å². The summed E-state index contributed by atoms with van der Waals surface area (Å²) >= 11 is 1.48. The Labute approximate surface area is 169 Å². The number of aromatic nitrogens is 3. The van der Waals surface area contributed by atoms with Gasteiger partial charge < -0.3 is 0 Å². The first kappa shape index (κ1) is 17.6. The number of thiazole rings is 1. The van der Waals surface area contributed by atoms with E-state index in [2.05, 4.69) is 4.98 Å². The van der Waals surface area contributed by atoms with E-state index in [1.807, 2.05) is 42.5 Å². The molecule has 2 heterocycles. The van der Waals surface area contributed by atoms with Crippen molar-refractivity contribution in [1.82, 2.24) is 15.0 Å². The second-order valence-corrected chi connectivity index (χ2v) is 7.37. The van der Waals surface area contributed by atoms with Crippen LogP contribution in [-0.4, -0.2) is 15.0 Å². The minimum absolute atomic E-state index is 0.329. The summed E-state index contributed by atoms with van der Waals surface area (Å²) in [5, 5.41) is 0.787. The highest BCUT2D eigenvalue weighted by Gasteiger charge is 2.15. The molecule has 0 bridgehead atoms. The third-order valence-corrected chi connectivity index (χ3v) is 5.42. The van der Waals surface area contributed by atoms with Crippen LogP contribution < -0.4 is 0 Å². The summed E-state index contributed by atoms with van der Waals surface area (Å²) in [6.07, 6.45) is 1.76. The maximum absolute atomic E-state index is 14.3. The van der Waals surface area contributed by atoms with Crippen molar-refractivity contribution in [3.63, 3.8) is 0 Å². The Hall–Kier alpha value is -3.51. The molecule has 140 valence electrons. The van der Waals surface area contributed by atoms with E-state index in [4.69, 9.17) is 9.97 Å². The number of rotatable bonds is 3. The van der Waals surface area contributed by atoms with Gasteiger partial charge in [0.15, 0.2) is 5.82 Å². The molecule has 0 saturated heterocycles. The van der Waals surface area contributed by atoms with Crippen LogP contribution in [0.25, 0.3) is 44.0 Å². The number of hydrogen-bond acceptors (Lipinski definition) is 4. The lowest BCUT2D eigenvalue weighted by atomic mass is 10.0. The van der Waals surface area contributed by atoms with E-state index in [1.54, 1.807) is 17.8 Å². The van der Waals surface area contributed by atoms with Gasteiger partial charge in [0.2, 0.25) is 0 Å². The van der Waals surface area contributed by atoms with Gasteiger partial charge in [-0.05, 0) is 29.8 Å². The summed E-state index contributed by atoms with van der Waals surface area (Å²) in [6.45, 7) is 0. The zero-order valence-corrected chi connectivity index (χ0v) is 15.8. The van der Waals surface area contributed by atoms with Crippen LogP contribution in [-0.2, 0) is 0 Å². The van der Waals surface area contributed by atoms with Gasteiger partial charge in [0.25, 0.3) is 0 Å². The number of nitrogens with zero attached hydrogens (tertiary/aromatic N) is 3. The van der Waals surface area contributed by atoms with Gasteiger partial charge in [-0.25, -0.2) is 18.7 Å². The molecule has 0 N–H and O–H groups in total. The molecule has 3 nitrogen and oxygen atoms in total. The van der Waals surface area contributed by atoms with Crippen molar-refractivity contribution in [2.24, 2.45) is 0 Å². The molecule has 2 aromatic heterocycles. The lowest BCUT2D eigenvalue weighted by molar-refractivity contribution is 0.585. The largest absolute Gasteiger partial charge is 0.252 e. The molecule has 0 aliphatic carbocycles. The summed E-state index contributed by atoms with van der Waals surface area (Å²) in [4.78, 5) is 14.6. The first-order valence-corrected chi connectivity index (χ1v) is 9.78. The lowest BCUT2D eigenvalue weighted by Crippen LogP contribution is -1.95. The monoisotopic (exact) mass is 401 g/mol. The molecule has 5 aromatic rings. The molecule has 0 fully saturated rings. The second-order valence-electron chi connectivity index (χ2n) is 6.48. The quantitative estimate of drug-likeness (QED) is 0.353. The molecule has 6 heteroatoms. The maximum atomic E-state index is 14.3. The lowest BCUT2D eigenvalue weighted by Gasteiger charge is -2.10. The van der Waals surface area contributed by atoms with Crippen LogP contribution in [0.4, 0.5) is 8.78 Å². The van der Waals surface area contributed by atoms with Crippen LogP contribution in [0.2, 0.25) is 0 Å². The van der Waals surface area contributed by atoms with Crippen molar-refractivity contribution in [3.8, 4) is 33.1 Å². The van der Waals surface area contributed by atoms with Crippen LogP contribution in [0.3, 0.4) is 0 Å². The van der Waals surface area contributed by atoms with Gasteiger partial charge >= 0.3 is 0 Å². The zero-order valence-electron chi connectivity index (χ0n) is 15.0. The van der Waals surface area contributed by atoms with Crippen LogP contribution in [0.15, 0.2) is 78.4 Å². The Bertz CT molecular complexity index is 1320. The fraction of sp³-hybridized carbons (Fsp3) is 0. The molecule has 3 aromatic carbocycles. The number of fused-ring (bicyclic) bond motifs is 1. The molecule has 0 saturated carbocycles. The maximum Gasteiger partial charge on any atom is 0.160 e. The van der Waals surface area contributed by atoms with Crippen molar-refractivity contribution in [2.45, 2.75) is 0 Å². The van der Waals surface area contributed by atoms with Gasteiger partial charge in [-0.3, -0.25) is 4.98 Å². The summed E-state index contributed by atoms with van der Waals surface area (Å²) in [6, 6.07) is 18.8. The normalized spacial score (nSPS) is 11.1. The van der Waals surface area contributed by atoms with Gasteiger partial charge in [0, 0.05) is 28.8 Å². The highest BCUT2D eigenvalue weighted by molar-refractivity contribution is 7.13. The summed E-state index contributed by atoms with van der Waals surface area (Å²) in [5.41, 5.74) is 5.10. The Kier molecular flexibility index (Phi) is 4.33. The summed E-state index contributed by atoms with van der Waals surface area (Å²) < 4.78 is 27.6. The molecule has 5 rings (SSSR count). The molecule has 0 aliphatic heterocycles. The van der Waals surface area contributed by atoms with E-state index in [9.17, 15) is 8.78 Å². The molecule has 29 heavy (non-hydrogen) atoms. The third-order valence-electron chi connectivity index (χ3n) is 4.64. The van der Waals surface area contributed by atoms with Crippen LogP contribution >= 0.6 is 11.3 Å². The van der Waals surface area contributed by atoms with E-state index in [0.29, 0.717) is 17.0 Å². The predicted molar refractivity (Wildman–Crippen MR) is 111 cm³/mol. The minimum atomic E-state index is -0.606. The second kappa shape index (κ2) is 7.14. The third kappa shape index (κ3) is 3.28. The summed E-state index contributed by atoms with van der Waals surface area (Å²) in [7, 11) is 0. The molecule has 0 amide bonds. The first-order valence-electron chi connectivity index (χ1n) is 8.90. The number of halogens is 2.